The topological polar surface area (TPSA) is 70.8 Å². The van der Waals surface area contributed by atoms with Crippen molar-refractivity contribution in [1.82, 2.24) is 4.90 Å². The summed E-state index contributed by atoms with van der Waals surface area (Å²) in [5, 5.41) is 10.3. The lowest BCUT2D eigenvalue weighted by Gasteiger charge is -2.24. The van der Waals surface area contributed by atoms with Crippen molar-refractivity contribution in [3.63, 3.8) is 0 Å². The predicted octanol–water partition coefficient (Wildman–Crippen LogP) is 3.76. The number of benzene rings is 2. The Morgan fingerprint density at radius 2 is 1.96 bits per heavy atom. The number of nitrogens with zero attached hydrogens (tertiary/aromatic N) is 1. The minimum Gasteiger partial charge on any atom is -0.508 e. The smallest absolute Gasteiger partial charge is 0.290 e. The molecule has 0 saturated carbocycles. The molecule has 5 nitrogen and oxygen atoms in total. The number of rotatable bonds is 3. The van der Waals surface area contributed by atoms with Crippen LogP contribution in [0.2, 0.25) is 0 Å². The third kappa shape index (κ3) is 2.39. The average molecular weight is 349 g/mol. The summed E-state index contributed by atoms with van der Waals surface area (Å²) >= 11 is 0. The molecule has 132 valence electrons. The van der Waals surface area contributed by atoms with Gasteiger partial charge in [0.1, 0.15) is 11.3 Å². The SMILES string of the molecule is CCCN1C(=O)c2oc3ccc(C)cc3c(=O)c2[C@H]1c1cccc(O)c1. The van der Waals surface area contributed by atoms with Crippen LogP contribution >= 0.6 is 0 Å². The van der Waals surface area contributed by atoms with Crippen molar-refractivity contribution in [2.75, 3.05) is 6.54 Å². The molecule has 0 unspecified atom stereocenters. The number of carbonyl (C=O) groups excluding carboxylic acids is 1. The van der Waals surface area contributed by atoms with Gasteiger partial charge < -0.3 is 14.4 Å². The Bertz CT molecular complexity index is 1080. The van der Waals surface area contributed by atoms with Crippen LogP contribution in [0.5, 0.6) is 5.75 Å². The molecule has 0 fully saturated rings. The highest BCUT2D eigenvalue weighted by Crippen LogP contribution is 2.38. The largest absolute Gasteiger partial charge is 0.508 e. The van der Waals surface area contributed by atoms with Gasteiger partial charge in [-0.2, -0.15) is 0 Å². The second-order valence-corrected chi connectivity index (χ2v) is 6.67. The van der Waals surface area contributed by atoms with Gasteiger partial charge in [0.2, 0.25) is 5.76 Å². The molecule has 0 radical (unpaired) electrons. The number of aromatic hydroxyl groups is 1. The van der Waals surface area contributed by atoms with E-state index in [1.54, 1.807) is 35.2 Å². The summed E-state index contributed by atoms with van der Waals surface area (Å²) in [7, 11) is 0. The molecule has 0 saturated heterocycles. The van der Waals surface area contributed by atoms with E-state index in [1.807, 2.05) is 26.0 Å². The van der Waals surface area contributed by atoms with Gasteiger partial charge in [-0.15, -0.1) is 0 Å². The normalized spacial score (nSPS) is 16.3. The Hall–Kier alpha value is -3.08. The van der Waals surface area contributed by atoms with E-state index in [1.165, 1.54) is 0 Å². The summed E-state index contributed by atoms with van der Waals surface area (Å²) in [4.78, 5) is 27.8. The zero-order chi connectivity index (χ0) is 18.4. The van der Waals surface area contributed by atoms with Crippen LogP contribution in [0.15, 0.2) is 51.7 Å². The summed E-state index contributed by atoms with van der Waals surface area (Å²) < 4.78 is 5.86. The Morgan fingerprint density at radius 1 is 1.15 bits per heavy atom. The van der Waals surface area contributed by atoms with Crippen molar-refractivity contribution in [3.05, 3.63) is 75.1 Å². The third-order valence-corrected chi connectivity index (χ3v) is 4.77. The Labute approximate surface area is 150 Å². The number of hydrogen-bond donors (Lipinski definition) is 1. The zero-order valence-corrected chi connectivity index (χ0v) is 14.7. The molecule has 4 rings (SSSR count). The van der Waals surface area contributed by atoms with E-state index >= 15 is 0 Å². The molecule has 1 N–H and O–H groups in total. The lowest BCUT2D eigenvalue weighted by atomic mass is 9.98. The molecule has 0 aliphatic carbocycles. The fourth-order valence-corrected chi connectivity index (χ4v) is 3.65. The molecule has 5 heteroatoms. The number of carbonyl (C=O) groups is 1. The van der Waals surface area contributed by atoms with Crippen LogP contribution in [0.3, 0.4) is 0 Å². The number of phenols is 1. The zero-order valence-electron chi connectivity index (χ0n) is 14.7. The molecular formula is C21H19NO4. The van der Waals surface area contributed by atoms with Crippen molar-refractivity contribution in [3.8, 4) is 5.75 Å². The summed E-state index contributed by atoms with van der Waals surface area (Å²) in [6.07, 6.45) is 0.752. The van der Waals surface area contributed by atoms with Crippen LogP contribution in [-0.2, 0) is 0 Å². The van der Waals surface area contributed by atoms with Crippen molar-refractivity contribution in [2.45, 2.75) is 26.3 Å². The van der Waals surface area contributed by atoms with E-state index in [4.69, 9.17) is 4.42 Å². The number of aryl methyl sites for hydroxylation is 1. The van der Waals surface area contributed by atoms with Gasteiger partial charge in [0.25, 0.3) is 5.91 Å². The average Bonchev–Trinajstić information content (AvgIpc) is 2.89. The highest BCUT2D eigenvalue weighted by molar-refractivity contribution is 5.99. The van der Waals surface area contributed by atoms with E-state index in [2.05, 4.69) is 0 Å². The summed E-state index contributed by atoms with van der Waals surface area (Å²) in [6, 6.07) is 11.5. The number of amides is 1. The van der Waals surface area contributed by atoms with Crippen LogP contribution in [0.4, 0.5) is 0 Å². The van der Waals surface area contributed by atoms with E-state index in [0.717, 1.165) is 12.0 Å². The molecule has 1 aliphatic rings. The van der Waals surface area contributed by atoms with Gasteiger partial charge in [-0.25, -0.2) is 0 Å². The first-order valence-corrected chi connectivity index (χ1v) is 8.68. The van der Waals surface area contributed by atoms with Gasteiger partial charge in [-0.1, -0.05) is 30.7 Å². The van der Waals surface area contributed by atoms with Crippen LogP contribution in [0, 0.1) is 6.92 Å². The number of fused-ring (bicyclic) bond motifs is 2. The van der Waals surface area contributed by atoms with Gasteiger partial charge in [-0.3, -0.25) is 9.59 Å². The minimum absolute atomic E-state index is 0.0980. The standard InChI is InChI=1S/C21H19NO4/c1-3-9-22-18(13-5-4-6-14(23)11-13)17-19(24)15-10-12(2)7-8-16(15)26-20(17)21(22)25/h4-8,10-11,18,23H,3,9H2,1-2H3/t18-/m1/s1. The van der Waals surface area contributed by atoms with E-state index in [9.17, 15) is 14.7 Å². The maximum Gasteiger partial charge on any atom is 0.290 e. The summed E-state index contributed by atoms with van der Waals surface area (Å²) in [6.45, 7) is 4.39. The lowest BCUT2D eigenvalue weighted by molar-refractivity contribution is 0.0728. The van der Waals surface area contributed by atoms with Crippen molar-refractivity contribution < 1.29 is 14.3 Å². The first-order chi connectivity index (χ1) is 12.5. The van der Waals surface area contributed by atoms with Gasteiger partial charge in [0.05, 0.1) is 17.0 Å². The van der Waals surface area contributed by atoms with Crippen LogP contribution in [0.1, 0.15) is 46.6 Å². The molecule has 1 aromatic heterocycles. The van der Waals surface area contributed by atoms with Crippen molar-refractivity contribution in [1.29, 1.82) is 0 Å². The molecule has 1 amide bonds. The second kappa shape index (κ2) is 6.02. The molecule has 0 spiro atoms. The molecule has 2 aromatic carbocycles. The summed E-state index contributed by atoms with van der Waals surface area (Å²) in [5.41, 5.74) is 2.23. The van der Waals surface area contributed by atoms with Gasteiger partial charge in [-0.05, 0) is 43.2 Å². The highest BCUT2D eigenvalue weighted by Gasteiger charge is 2.42. The molecule has 2 heterocycles. The van der Waals surface area contributed by atoms with E-state index in [0.29, 0.717) is 28.6 Å². The van der Waals surface area contributed by atoms with Gasteiger partial charge in [0, 0.05) is 6.54 Å². The second-order valence-electron chi connectivity index (χ2n) is 6.67. The molecule has 1 aliphatic heterocycles. The Balaban J connectivity index is 2.03. The Kier molecular flexibility index (Phi) is 3.80. The van der Waals surface area contributed by atoms with Crippen molar-refractivity contribution >= 4 is 16.9 Å². The van der Waals surface area contributed by atoms with Crippen LogP contribution in [-0.4, -0.2) is 22.5 Å². The fourth-order valence-electron chi connectivity index (χ4n) is 3.65. The lowest BCUT2D eigenvalue weighted by Crippen LogP contribution is -2.30. The molecule has 1 atom stereocenters. The molecule has 26 heavy (non-hydrogen) atoms. The Morgan fingerprint density at radius 3 is 2.69 bits per heavy atom. The van der Waals surface area contributed by atoms with Crippen molar-refractivity contribution in [2.24, 2.45) is 0 Å². The molecular weight excluding hydrogens is 330 g/mol. The first-order valence-electron chi connectivity index (χ1n) is 8.68. The van der Waals surface area contributed by atoms with Crippen LogP contribution in [0.25, 0.3) is 11.0 Å². The predicted molar refractivity (Wildman–Crippen MR) is 98.5 cm³/mol. The third-order valence-electron chi connectivity index (χ3n) is 4.77. The maximum atomic E-state index is 13.2. The van der Waals surface area contributed by atoms with Gasteiger partial charge >= 0.3 is 0 Å². The molecule has 0 bridgehead atoms. The maximum absolute atomic E-state index is 13.2. The minimum atomic E-state index is -0.550. The fraction of sp³-hybridized carbons (Fsp3) is 0.238. The number of hydrogen-bond acceptors (Lipinski definition) is 4. The van der Waals surface area contributed by atoms with Crippen LogP contribution < -0.4 is 5.43 Å². The highest BCUT2D eigenvalue weighted by atomic mass is 16.3. The number of phenolic OH excluding ortho intramolecular Hbond substituents is 1. The summed E-state index contributed by atoms with van der Waals surface area (Å²) in [5.74, 6) is -0.0798. The van der Waals surface area contributed by atoms with E-state index < -0.39 is 6.04 Å². The monoisotopic (exact) mass is 349 g/mol. The first kappa shape index (κ1) is 16.4. The quantitative estimate of drug-likeness (QED) is 0.781. The van der Waals surface area contributed by atoms with Gasteiger partial charge in [0.15, 0.2) is 5.43 Å². The molecule has 3 aromatic rings. The van der Waals surface area contributed by atoms with E-state index in [-0.39, 0.29) is 22.8 Å².